The Labute approximate surface area is 86.0 Å². The van der Waals surface area contributed by atoms with Crippen molar-refractivity contribution in [2.75, 3.05) is 11.9 Å². The molecule has 76 valence electrons. The fourth-order valence-corrected chi connectivity index (χ4v) is 1.43. The molecule has 1 atom stereocenters. The van der Waals surface area contributed by atoms with Crippen LogP contribution in [0.2, 0.25) is 0 Å². The first-order valence-corrected chi connectivity index (χ1v) is 5.57. The van der Waals surface area contributed by atoms with E-state index in [1.807, 2.05) is 0 Å². The molecule has 1 amide bonds. The third kappa shape index (κ3) is 4.59. The van der Waals surface area contributed by atoms with Crippen LogP contribution in [0.1, 0.15) is 25.7 Å². The van der Waals surface area contributed by atoms with Gasteiger partial charge in [0.2, 0.25) is 5.91 Å². The molecule has 5 heteroatoms. The maximum Gasteiger partial charge on any atom is 0.244 e. The standard InChI is InChI=1S/C8H14BrNO3/c9-5-4-7(11)10-13-8-3-1-2-6-12-8/h8H,1-6H2,(H,10,11). The lowest BCUT2D eigenvalue weighted by Crippen LogP contribution is -2.33. The molecule has 1 aliphatic rings. The van der Waals surface area contributed by atoms with Gasteiger partial charge in [-0.1, -0.05) is 15.9 Å². The lowest BCUT2D eigenvalue weighted by Gasteiger charge is -2.21. The third-order valence-electron chi connectivity index (χ3n) is 1.76. The van der Waals surface area contributed by atoms with Gasteiger partial charge in [0.15, 0.2) is 6.29 Å². The molecule has 4 nitrogen and oxygen atoms in total. The molecule has 1 heterocycles. The predicted octanol–water partition coefficient (Wildman–Crippen LogP) is 1.35. The number of ether oxygens (including phenoxy) is 1. The Kier molecular flexibility index (Phi) is 5.34. The van der Waals surface area contributed by atoms with Gasteiger partial charge in [-0.15, -0.1) is 0 Å². The summed E-state index contributed by atoms with van der Waals surface area (Å²) in [5.41, 5.74) is 2.36. The van der Waals surface area contributed by atoms with E-state index in [0.29, 0.717) is 11.8 Å². The van der Waals surface area contributed by atoms with Gasteiger partial charge in [0.05, 0.1) is 0 Å². The molecule has 0 saturated carbocycles. The predicted molar refractivity (Wildman–Crippen MR) is 51.2 cm³/mol. The van der Waals surface area contributed by atoms with E-state index in [1.54, 1.807) is 0 Å². The SMILES string of the molecule is O=C(CCBr)NOC1CCCCO1. The largest absolute Gasteiger partial charge is 0.350 e. The first kappa shape index (κ1) is 10.9. The summed E-state index contributed by atoms with van der Waals surface area (Å²) in [5.74, 6) is -0.119. The van der Waals surface area contributed by atoms with Crippen LogP contribution in [-0.2, 0) is 14.4 Å². The zero-order valence-corrected chi connectivity index (χ0v) is 9.01. The Morgan fingerprint density at radius 3 is 3.08 bits per heavy atom. The van der Waals surface area contributed by atoms with Crippen molar-refractivity contribution in [2.24, 2.45) is 0 Å². The highest BCUT2D eigenvalue weighted by atomic mass is 79.9. The molecule has 0 radical (unpaired) electrons. The third-order valence-corrected chi connectivity index (χ3v) is 2.16. The van der Waals surface area contributed by atoms with E-state index in [1.165, 1.54) is 0 Å². The van der Waals surface area contributed by atoms with Crippen LogP contribution in [0.15, 0.2) is 0 Å². The summed E-state index contributed by atoms with van der Waals surface area (Å²) in [7, 11) is 0. The molecular formula is C8H14BrNO3. The first-order valence-electron chi connectivity index (χ1n) is 4.45. The van der Waals surface area contributed by atoms with Gasteiger partial charge in [-0.25, -0.2) is 10.3 Å². The zero-order valence-electron chi connectivity index (χ0n) is 7.42. The molecule has 0 spiro atoms. The molecule has 0 bridgehead atoms. The summed E-state index contributed by atoms with van der Waals surface area (Å²) in [6.07, 6.45) is 3.20. The van der Waals surface area contributed by atoms with Crippen LogP contribution < -0.4 is 5.48 Å². The number of amides is 1. The smallest absolute Gasteiger partial charge is 0.244 e. The van der Waals surface area contributed by atoms with Gasteiger partial charge in [0.25, 0.3) is 0 Å². The number of nitrogens with one attached hydrogen (secondary N) is 1. The summed E-state index contributed by atoms with van der Waals surface area (Å²) in [4.78, 5) is 16.0. The molecule has 0 aromatic carbocycles. The van der Waals surface area contributed by atoms with Gasteiger partial charge >= 0.3 is 0 Å². The Balaban J connectivity index is 2.06. The Hall–Kier alpha value is -0.130. The molecule has 1 saturated heterocycles. The number of carbonyl (C=O) groups excluding carboxylic acids is 1. The molecule has 1 unspecified atom stereocenters. The maximum atomic E-state index is 11.0. The Bertz CT molecular complexity index is 159. The minimum atomic E-state index is -0.256. The second-order valence-electron chi connectivity index (χ2n) is 2.88. The van der Waals surface area contributed by atoms with E-state index in [2.05, 4.69) is 21.4 Å². The number of rotatable bonds is 4. The van der Waals surface area contributed by atoms with Crippen molar-refractivity contribution < 1.29 is 14.4 Å². The summed E-state index contributed by atoms with van der Waals surface area (Å²) in [6.45, 7) is 0.721. The number of hydroxylamine groups is 1. The van der Waals surface area contributed by atoms with Crippen molar-refractivity contribution in [3.8, 4) is 0 Å². The molecule has 0 aromatic heterocycles. The molecule has 1 rings (SSSR count). The molecular weight excluding hydrogens is 238 g/mol. The molecule has 1 aliphatic heterocycles. The molecule has 1 N–H and O–H groups in total. The lowest BCUT2D eigenvalue weighted by molar-refractivity contribution is -0.200. The van der Waals surface area contributed by atoms with Crippen molar-refractivity contribution >= 4 is 21.8 Å². The second-order valence-corrected chi connectivity index (χ2v) is 3.67. The number of alkyl halides is 1. The molecule has 1 fully saturated rings. The van der Waals surface area contributed by atoms with Crippen LogP contribution in [0.5, 0.6) is 0 Å². The van der Waals surface area contributed by atoms with E-state index in [-0.39, 0.29) is 12.2 Å². The van der Waals surface area contributed by atoms with Gasteiger partial charge in [0.1, 0.15) is 0 Å². The number of carbonyl (C=O) groups is 1. The molecule has 0 aliphatic carbocycles. The first-order chi connectivity index (χ1) is 6.33. The van der Waals surface area contributed by atoms with Crippen molar-refractivity contribution in [1.82, 2.24) is 5.48 Å². The number of halogens is 1. The highest BCUT2D eigenvalue weighted by molar-refractivity contribution is 9.09. The molecule has 0 aromatic rings. The van der Waals surface area contributed by atoms with Gasteiger partial charge in [-0.3, -0.25) is 4.79 Å². The summed E-state index contributed by atoms with van der Waals surface area (Å²) < 4.78 is 5.26. The average molecular weight is 252 g/mol. The Morgan fingerprint density at radius 1 is 1.62 bits per heavy atom. The quantitative estimate of drug-likeness (QED) is 0.606. The molecule has 13 heavy (non-hydrogen) atoms. The van der Waals surface area contributed by atoms with Crippen LogP contribution in [0.3, 0.4) is 0 Å². The fourth-order valence-electron chi connectivity index (χ4n) is 1.07. The van der Waals surface area contributed by atoms with Crippen LogP contribution >= 0.6 is 15.9 Å². The average Bonchev–Trinajstić information content (AvgIpc) is 2.17. The van der Waals surface area contributed by atoms with Crippen molar-refractivity contribution in [3.05, 3.63) is 0 Å². The highest BCUT2D eigenvalue weighted by Gasteiger charge is 2.15. The maximum absolute atomic E-state index is 11.0. The van der Waals surface area contributed by atoms with Crippen LogP contribution in [-0.4, -0.2) is 24.1 Å². The van der Waals surface area contributed by atoms with Crippen LogP contribution in [0.4, 0.5) is 0 Å². The van der Waals surface area contributed by atoms with Crippen molar-refractivity contribution in [3.63, 3.8) is 0 Å². The normalized spacial score (nSPS) is 22.7. The van der Waals surface area contributed by atoms with Crippen molar-refractivity contribution in [2.45, 2.75) is 32.0 Å². The Morgan fingerprint density at radius 2 is 2.46 bits per heavy atom. The second kappa shape index (κ2) is 6.34. The van der Waals surface area contributed by atoms with Gasteiger partial charge in [-0.2, -0.15) is 0 Å². The van der Waals surface area contributed by atoms with Gasteiger partial charge < -0.3 is 4.74 Å². The summed E-state index contributed by atoms with van der Waals surface area (Å²) in [5, 5.41) is 0.647. The van der Waals surface area contributed by atoms with Gasteiger partial charge in [-0.05, 0) is 12.8 Å². The minimum absolute atomic E-state index is 0.119. The van der Waals surface area contributed by atoms with E-state index >= 15 is 0 Å². The highest BCUT2D eigenvalue weighted by Crippen LogP contribution is 2.12. The van der Waals surface area contributed by atoms with Crippen LogP contribution in [0, 0.1) is 0 Å². The lowest BCUT2D eigenvalue weighted by atomic mass is 10.2. The van der Waals surface area contributed by atoms with E-state index in [9.17, 15) is 4.79 Å². The monoisotopic (exact) mass is 251 g/mol. The van der Waals surface area contributed by atoms with E-state index in [0.717, 1.165) is 25.9 Å². The van der Waals surface area contributed by atoms with E-state index in [4.69, 9.17) is 9.57 Å². The van der Waals surface area contributed by atoms with Crippen molar-refractivity contribution in [1.29, 1.82) is 0 Å². The summed E-state index contributed by atoms with van der Waals surface area (Å²) >= 11 is 3.17. The fraction of sp³-hybridized carbons (Fsp3) is 0.875. The number of hydrogen-bond donors (Lipinski definition) is 1. The number of hydrogen-bond acceptors (Lipinski definition) is 3. The van der Waals surface area contributed by atoms with Crippen LogP contribution in [0.25, 0.3) is 0 Å². The van der Waals surface area contributed by atoms with E-state index < -0.39 is 0 Å². The summed E-state index contributed by atoms with van der Waals surface area (Å²) in [6, 6.07) is 0. The van der Waals surface area contributed by atoms with Gasteiger partial charge in [0, 0.05) is 24.8 Å². The topological polar surface area (TPSA) is 47.6 Å². The minimum Gasteiger partial charge on any atom is -0.350 e. The zero-order chi connectivity index (χ0) is 9.52.